The van der Waals surface area contributed by atoms with E-state index in [4.69, 9.17) is 4.74 Å². The molecule has 0 bridgehead atoms. The number of morpholine rings is 1. The number of ether oxygens (including phenoxy) is 1. The number of sulfonamides is 1. The van der Waals surface area contributed by atoms with Crippen molar-refractivity contribution < 1.29 is 17.9 Å². The number of carbonyl (C=O) groups excluding carboxylic acids is 1. The summed E-state index contributed by atoms with van der Waals surface area (Å²) in [6, 6.07) is 13.8. The minimum absolute atomic E-state index is 0.0912. The zero-order valence-corrected chi connectivity index (χ0v) is 19.3. The highest BCUT2D eigenvalue weighted by atomic mass is 32.2. The van der Waals surface area contributed by atoms with E-state index in [9.17, 15) is 13.2 Å². The Labute approximate surface area is 188 Å². The van der Waals surface area contributed by atoms with Crippen molar-refractivity contribution in [1.29, 1.82) is 0 Å². The van der Waals surface area contributed by atoms with Gasteiger partial charge in [-0.1, -0.05) is 25.1 Å². The average molecular weight is 457 g/mol. The van der Waals surface area contributed by atoms with Crippen LogP contribution >= 0.6 is 0 Å². The number of aromatic nitrogens is 2. The number of hydrogen-bond donors (Lipinski definition) is 1. The molecule has 1 saturated heterocycles. The Hall–Kier alpha value is -2.75. The van der Waals surface area contributed by atoms with Gasteiger partial charge in [0.2, 0.25) is 16.0 Å². The van der Waals surface area contributed by atoms with E-state index in [1.165, 1.54) is 16.4 Å². The number of para-hydroxylation sites is 2. The van der Waals surface area contributed by atoms with Crippen molar-refractivity contribution in [2.24, 2.45) is 0 Å². The van der Waals surface area contributed by atoms with Crippen LogP contribution in [0.3, 0.4) is 0 Å². The monoisotopic (exact) mass is 456 g/mol. The van der Waals surface area contributed by atoms with Crippen LogP contribution in [-0.2, 0) is 21.3 Å². The van der Waals surface area contributed by atoms with Gasteiger partial charge in [0.25, 0.3) is 5.91 Å². The fraction of sp³-hybridized carbons (Fsp3) is 0.391. The molecule has 3 aromatic rings. The molecule has 0 saturated carbocycles. The number of fused-ring (bicyclic) bond motifs is 1. The SMILES string of the molecule is CCCn1c(NC(=O)c2cccc(S(=O)(=O)N3CC(C)OC(C)C3)c2)nc2ccccc21. The highest BCUT2D eigenvalue weighted by Gasteiger charge is 2.32. The highest BCUT2D eigenvalue weighted by Crippen LogP contribution is 2.24. The van der Waals surface area contributed by atoms with Crippen molar-refractivity contribution in [2.75, 3.05) is 18.4 Å². The van der Waals surface area contributed by atoms with Gasteiger partial charge in [0, 0.05) is 25.2 Å². The van der Waals surface area contributed by atoms with E-state index in [2.05, 4.69) is 17.2 Å². The molecule has 2 aromatic carbocycles. The third-order valence-corrected chi connectivity index (χ3v) is 7.27. The van der Waals surface area contributed by atoms with Crippen molar-refractivity contribution in [3.05, 3.63) is 54.1 Å². The van der Waals surface area contributed by atoms with Gasteiger partial charge in [0.1, 0.15) is 0 Å². The molecule has 0 spiro atoms. The van der Waals surface area contributed by atoms with Gasteiger partial charge in [-0.25, -0.2) is 13.4 Å². The van der Waals surface area contributed by atoms with Crippen LogP contribution in [0, 0.1) is 0 Å². The fourth-order valence-corrected chi connectivity index (χ4v) is 5.71. The molecule has 8 nitrogen and oxygen atoms in total. The number of amides is 1. The molecule has 1 amide bonds. The van der Waals surface area contributed by atoms with Crippen LogP contribution in [-0.4, -0.2) is 53.5 Å². The fourth-order valence-electron chi connectivity index (χ4n) is 4.07. The molecule has 0 radical (unpaired) electrons. The number of rotatable bonds is 6. The Kier molecular flexibility index (Phi) is 6.32. The molecule has 2 atom stereocenters. The summed E-state index contributed by atoms with van der Waals surface area (Å²) in [5.74, 6) is 0.0422. The summed E-state index contributed by atoms with van der Waals surface area (Å²) >= 11 is 0. The lowest BCUT2D eigenvalue weighted by Gasteiger charge is -2.34. The van der Waals surface area contributed by atoms with Gasteiger partial charge in [-0.2, -0.15) is 4.31 Å². The zero-order valence-electron chi connectivity index (χ0n) is 18.5. The third-order valence-electron chi connectivity index (χ3n) is 5.45. The van der Waals surface area contributed by atoms with Crippen LogP contribution in [0.15, 0.2) is 53.4 Å². The number of anilines is 1. The Morgan fingerprint density at radius 3 is 2.56 bits per heavy atom. The summed E-state index contributed by atoms with van der Waals surface area (Å²) in [7, 11) is -3.74. The molecule has 1 aliphatic rings. The van der Waals surface area contributed by atoms with E-state index >= 15 is 0 Å². The predicted octanol–water partition coefficient (Wildman–Crippen LogP) is 3.50. The van der Waals surface area contributed by atoms with Crippen LogP contribution in [0.4, 0.5) is 5.95 Å². The van der Waals surface area contributed by atoms with Gasteiger partial charge in [0.15, 0.2) is 0 Å². The zero-order chi connectivity index (χ0) is 22.9. The largest absolute Gasteiger partial charge is 0.373 e. The highest BCUT2D eigenvalue weighted by molar-refractivity contribution is 7.89. The van der Waals surface area contributed by atoms with Crippen molar-refractivity contribution in [2.45, 2.75) is 50.8 Å². The molecule has 32 heavy (non-hydrogen) atoms. The molecule has 1 aliphatic heterocycles. The molecule has 1 N–H and O–H groups in total. The van der Waals surface area contributed by atoms with Crippen LogP contribution in [0.5, 0.6) is 0 Å². The number of carbonyl (C=O) groups is 1. The van der Waals surface area contributed by atoms with Gasteiger partial charge in [0.05, 0.1) is 28.1 Å². The maximum Gasteiger partial charge on any atom is 0.258 e. The summed E-state index contributed by atoms with van der Waals surface area (Å²) in [6.07, 6.45) is 0.506. The first-order valence-electron chi connectivity index (χ1n) is 10.8. The smallest absolute Gasteiger partial charge is 0.258 e. The molecule has 2 heterocycles. The van der Waals surface area contributed by atoms with E-state index in [0.29, 0.717) is 12.5 Å². The molecule has 4 rings (SSSR count). The first kappa shape index (κ1) is 22.4. The topological polar surface area (TPSA) is 93.5 Å². The molecule has 1 fully saturated rings. The van der Waals surface area contributed by atoms with Gasteiger partial charge in [-0.15, -0.1) is 0 Å². The minimum Gasteiger partial charge on any atom is -0.373 e. The van der Waals surface area contributed by atoms with Crippen molar-refractivity contribution in [3.63, 3.8) is 0 Å². The number of imidazole rings is 1. The van der Waals surface area contributed by atoms with Gasteiger partial charge in [-0.05, 0) is 50.6 Å². The van der Waals surface area contributed by atoms with Crippen LogP contribution < -0.4 is 5.32 Å². The van der Waals surface area contributed by atoms with Crippen LogP contribution in [0.25, 0.3) is 11.0 Å². The average Bonchev–Trinajstić information content (AvgIpc) is 3.10. The summed E-state index contributed by atoms with van der Waals surface area (Å²) < 4.78 is 35.4. The Morgan fingerprint density at radius 1 is 1.12 bits per heavy atom. The molecule has 0 aliphatic carbocycles. The molecule has 170 valence electrons. The lowest BCUT2D eigenvalue weighted by atomic mass is 10.2. The van der Waals surface area contributed by atoms with Crippen molar-refractivity contribution in [3.8, 4) is 0 Å². The summed E-state index contributed by atoms with van der Waals surface area (Å²) in [5.41, 5.74) is 2.00. The lowest BCUT2D eigenvalue weighted by Crippen LogP contribution is -2.48. The number of nitrogens with zero attached hydrogens (tertiary/aromatic N) is 3. The van der Waals surface area contributed by atoms with E-state index in [-0.39, 0.29) is 35.8 Å². The van der Waals surface area contributed by atoms with Crippen LogP contribution in [0.1, 0.15) is 37.6 Å². The molecule has 1 aromatic heterocycles. The number of aryl methyl sites for hydroxylation is 1. The normalized spacial score (nSPS) is 19.8. The van der Waals surface area contributed by atoms with Crippen LogP contribution in [0.2, 0.25) is 0 Å². The lowest BCUT2D eigenvalue weighted by molar-refractivity contribution is -0.0440. The van der Waals surface area contributed by atoms with Gasteiger partial charge in [-0.3, -0.25) is 10.1 Å². The third kappa shape index (κ3) is 4.41. The quantitative estimate of drug-likeness (QED) is 0.613. The maximum atomic E-state index is 13.2. The van der Waals surface area contributed by atoms with Crippen molar-refractivity contribution >= 4 is 32.9 Å². The van der Waals surface area contributed by atoms with E-state index in [0.717, 1.165) is 17.5 Å². The molecular formula is C23H28N4O4S. The molecule has 9 heteroatoms. The number of nitrogens with one attached hydrogen (secondary N) is 1. The Bertz CT molecular complexity index is 1230. The molecular weight excluding hydrogens is 428 g/mol. The predicted molar refractivity (Wildman–Crippen MR) is 123 cm³/mol. The van der Waals surface area contributed by atoms with E-state index < -0.39 is 15.9 Å². The second kappa shape index (κ2) is 9.01. The van der Waals surface area contributed by atoms with Crippen molar-refractivity contribution in [1.82, 2.24) is 13.9 Å². The molecule has 2 unspecified atom stereocenters. The summed E-state index contributed by atoms with van der Waals surface area (Å²) in [5, 5.41) is 2.86. The Balaban J connectivity index is 1.61. The van der Waals surface area contributed by atoms with Gasteiger partial charge >= 0.3 is 0 Å². The van der Waals surface area contributed by atoms with Gasteiger partial charge < -0.3 is 9.30 Å². The Morgan fingerprint density at radius 2 is 1.84 bits per heavy atom. The number of benzene rings is 2. The van der Waals surface area contributed by atoms with E-state index in [1.54, 1.807) is 12.1 Å². The minimum atomic E-state index is -3.74. The second-order valence-corrected chi connectivity index (χ2v) is 10.1. The second-order valence-electron chi connectivity index (χ2n) is 8.14. The maximum absolute atomic E-state index is 13.2. The van der Waals surface area contributed by atoms with E-state index in [1.807, 2.05) is 42.7 Å². The first-order valence-corrected chi connectivity index (χ1v) is 12.3. The number of hydrogen-bond acceptors (Lipinski definition) is 5. The summed E-state index contributed by atoms with van der Waals surface area (Å²) in [6.45, 7) is 7.03. The summed E-state index contributed by atoms with van der Waals surface area (Å²) in [4.78, 5) is 17.7. The first-order chi connectivity index (χ1) is 15.3. The standard InChI is InChI=1S/C23H28N4O4S/c1-4-12-27-21-11-6-5-10-20(21)24-23(27)25-22(28)18-8-7-9-19(13-18)32(29,30)26-14-16(2)31-17(3)15-26/h5-11,13,16-17H,4,12,14-15H2,1-3H3,(H,24,25,28).